The maximum Gasteiger partial charge on any atom is 0.416 e. The van der Waals surface area contributed by atoms with Gasteiger partial charge in [-0.15, -0.1) is 0 Å². The predicted octanol–water partition coefficient (Wildman–Crippen LogP) is 2.40. The van der Waals surface area contributed by atoms with Crippen LogP contribution < -0.4 is 10.6 Å². The second-order valence-electron chi connectivity index (χ2n) is 8.02. The molecule has 1 unspecified atom stereocenters. The summed E-state index contributed by atoms with van der Waals surface area (Å²) in [5.74, 6) is -0.473. The second kappa shape index (κ2) is 7.03. The standard InChI is InChI=1S/C20H22F3N3O3/c21-20(22,23)15-2-1-12-6-9-26(10-7-13(12)11-15)16(27)5-8-19(14-3-4-14)17(28)24-18(29)25-19/h1-2,11,14H,3-10H2,(H2,24,25,28,29). The van der Waals surface area contributed by atoms with E-state index in [4.69, 9.17) is 0 Å². The topological polar surface area (TPSA) is 78.5 Å². The van der Waals surface area contributed by atoms with Crippen LogP contribution in [-0.4, -0.2) is 41.4 Å². The Bertz CT molecular complexity index is 866. The van der Waals surface area contributed by atoms with E-state index in [2.05, 4.69) is 10.6 Å². The van der Waals surface area contributed by atoms with E-state index in [0.717, 1.165) is 24.5 Å². The van der Waals surface area contributed by atoms with Crippen molar-refractivity contribution in [2.75, 3.05) is 13.1 Å². The number of carbonyl (C=O) groups is 3. The van der Waals surface area contributed by atoms with Gasteiger partial charge in [-0.3, -0.25) is 14.9 Å². The van der Waals surface area contributed by atoms with Crippen LogP contribution in [0.4, 0.5) is 18.0 Å². The van der Waals surface area contributed by atoms with Crippen LogP contribution in [0, 0.1) is 5.92 Å². The molecule has 1 saturated heterocycles. The molecule has 156 valence electrons. The fourth-order valence-electron chi connectivity index (χ4n) is 4.36. The van der Waals surface area contributed by atoms with Crippen LogP contribution in [0.5, 0.6) is 0 Å². The molecular formula is C20H22F3N3O3. The van der Waals surface area contributed by atoms with E-state index in [0.29, 0.717) is 31.5 Å². The van der Waals surface area contributed by atoms with Crippen LogP contribution in [-0.2, 0) is 28.6 Å². The monoisotopic (exact) mass is 409 g/mol. The van der Waals surface area contributed by atoms with Gasteiger partial charge < -0.3 is 10.2 Å². The predicted molar refractivity (Wildman–Crippen MR) is 96.8 cm³/mol. The van der Waals surface area contributed by atoms with Gasteiger partial charge in [-0.25, -0.2) is 4.79 Å². The van der Waals surface area contributed by atoms with Gasteiger partial charge in [0.2, 0.25) is 5.91 Å². The van der Waals surface area contributed by atoms with Crippen LogP contribution in [0.2, 0.25) is 0 Å². The third-order valence-electron chi connectivity index (χ3n) is 6.16. The van der Waals surface area contributed by atoms with Gasteiger partial charge in [-0.1, -0.05) is 6.07 Å². The molecule has 2 heterocycles. The van der Waals surface area contributed by atoms with Crippen molar-refractivity contribution >= 4 is 17.8 Å². The van der Waals surface area contributed by atoms with Gasteiger partial charge in [0.05, 0.1) is 5.56 Å². The van der Waals surface area contributed by atoms with E-state index < -0.39 is 23.3 Å². The summed E-state index contributed by atoms with van der Waals surface area (Å²) >= 11 is 0. The number of halogens is 3. The first-order valence-electron chi connectivity index (χ1n) is 9.79. The molecule has 1 aliphatic carbocycles. The van der Waals surface area contributed by atoms with Crippen molar-refractivity contribution in [3.05, 3.63) is 34.9 Å². The Balaban J connectivity index is 1.40. The minimum absolute atomic E-state index is 0.0518. The summed E-state index contributed by atoms with van der Waals surface area (Å²) in [4.78, 5) is 38.3. The van der Waals surface area contributed by atoms with Gasteiger partial charge in [0, 0.05) is 19.5 Å². The normalized spacial score (nSPS) is 24.6. The van der Waals surface area contributed by atoms with E-state index in [1.165, 1.54) is 12.1 Å². The van der Waals surface area contributed by atoms with Gasteiger partial charge >= 0.3 is 12.2 Å². The van der Waals surface area contributed by atoms with Crippen LogP contribution >= 0.6 is 0 Å². The number of fused-ring (bicyclic) bond motifs is 1. The summed E-state index contributed by atoms with van der Waals surface area (Å²) in [6, 6.07) is 3.22. The number of hydrogen-bond donors (Lipinski definition) is 2. The smallest absolute Gasteiger partial charge is 0.342 e. The fraction of sp³-hybridized carbons (Fsp3) is 0.550. The fourth-order valence-corrected chi connectivity index (χ4v) is 4.36. The Hall–Kier alpha value is -2.58. The first-order valence-corrected chi connectivity index (χ1v) is 9.79. The van der Waals surface area contributed by atoms with Crippen molar-refractivity contribution in [2.45, 2.75) is 50.2 Å². The highest BCUT2D eigenvalue weighted by Gasteiger charge is 2.55. The van der Waals surface area contributed by atoms with E-state index in [9.17, 15) is 27.6 Å². The Morgan fingerprint density at radius 1 is 1.14 bits per heavy atom. The molecule has 2 fully saturated rings. The minimum atomic E-state index is -4.39. The molecule has 1 aromatic carbocycles. The molecule has 29 heavy (non-hydrogen) atoms. The summed E-state index contributed by atoms with van der Waals surface area (Å²) in [5.41, 5.74) is -0.244. The molecule has 4 rings (SSSR count). The lowest BCUT2D eigenvalue weighted by Crippen LogP contribution is -2.50. The molecule has 0 spiro atoms. The number of rotatable bonds is 4. The van der Waals surface area contributed by atoms with Gasteiger partial charge in [-0.2, -0.15) is 13.2 Å². The zero-order chi connectivity index (χ0) is 20.8. The minimum Gasteiger partial charge on any atom is -0.342 e. The van der Waals surface area contributed by atoms with Crippen LogP contribution in [0.1, 0.15) is 42.4 Å². The van der Waals surface area contributed by atoms with Gasteiger partial charge in [-0.05, 0) is 61.3 Å². The van der Waals surface area contributed by atoms with E-state index in [1.54, 1.807) is 4.90 Å². The average molecular weight is 409 g/mol. The Kier molecular flexibility index (Phi) is 4.78. The number of alkyl halides is 3. The number of benzene rings is 1. The maximum absolute atomic E-state index is 13.0. The molecule has 2 N–H and O–H groups in total. The van der Waals surface area contributed by atoms with E-state index in [1.807, 2.05) is 0 Å². The SMILES string of the molecule is O=C1NC(=O)C(CCC(=O)N2CCc3ccc(C(F)(F)F)cc3CC2)(C2CC2)N1. The molecule has 0 aromatic heterocycles. The van der Waals surface area contributed by atoms with Gasteiger partial charge in [0.25, 0.3) is 5.91 Å². The third-order valence-corrected chi connectivity index (χ3v) is 6.16. The molecule has 2 aliphatic heterocycles. The van der Waals surface area contributed by atoms with Crippen molar-refractivity contribution < 1.29 is 27.6 Å². The summed E-state index contributed by atoms with van der Waals surface area (Å²) < 4.78 is 38.9. The summed E-state index contributed by atoms with van der Waals surface area (Å²) in [7, 11) is 0. The van der Waals surface area contributed by atoms with Crippen molar-refractivity contribution in [3.8, 4) is 0 Å². The molecule has 0 radical (unpaired) electrons. The number of nitrogens with one attached hydrogen (secondary N) is 2. The average Bonchev–Trinajstić information content (AvgIpc) is 3.47. The molecule has 3 aliphatic rings. The highest BCUT2D eigenvalue weighted by Crippen LogP contribution is 2.43. The van der Waals surface area contributed by atoms with Crippen LogP contribution in [0.3, 0.4) is 0 Å². The number of carbonyl (C=O) groups excluding carboxylic acids is 3. The highest BCUT2D eigenvalue weighted by molar-refractivity contribution is 6.07. The third kappa shape index (κ3) is 3.82. The molecule has 4 amide bonds. The van der Waals surface area contributed by atoms with Crippen molar-refractivity contribution in [3.63, 3.8) is 0 Å². The maximum atomic E-state index is 13.0. The second-order valence-corrected chi connectivity index (χ2v) is 8.02. The zero-order valence-electron chi connectivity index (χ0n) is 15.8. The quantitative estimate of drug-likeness (QED) is 0.750. The van der Waals surface area contributed by atoms with Crippen LogP contribution in [0.25, 0.3) is 0 Å². The Labute approximate surface area is 165 Å². The summed E-state index contributed by atoms with van der Waals surface area (Å²) in [6.07, 6.45) is -1.53. The first-order chi connectivity index (χ1) is 13.7. The number of hydrogen-bond acceptors (Lipinski definition) is 3. The van der Waals surface area contributed by atoms with Crippen LogP contribution in [0.15, 0.2) is 18.2 Å². The summed E-state index contributed by atoms with van der Waals surface area (Å²) in [6.45, 7) is 0.758. The lowest BCUT2D eigenvalue weighted by Gasteiger charge is -2.27. The number of imide groups is 1. The van der Waals surface area contributed by atoms with Crippen molar-refractivity contribution in [2.24, 2.45) is 5.92 Å². The molecular weight excluding hydrogens is 387 g/mol. The van der Waals surface area contributed by atoms with E-state index >= 15 is 0 Å². The molecule has 9 heteroatoms. The first kappa shape index (κ1) is 19.7. The lowest BCUT2D eigenvalue weighted by molar-refractivity contribution is -0.137. The number of amides is 4. The summed E-state index contributed by atoms with van der Waals surface area (Å²) in [5, 5.41) is 4.97. The molecule has 6 nitrogen and oxygen atoms in total. The Morgan fingerprint density at radius 3 is 2.41 bits per heavy atom. The van der Waals surface area contributed by atoms with E-state index in [-0.39, 0.29) is 30.6 Å². The Morgan fingerprint density at radius 2 is 1.83 bits per heavy atom. The molecule has 1 atom stereocenters. The van der Waals surface area contributed by atoms with Crippen molar-refractivity contribution in [1.82, 2.24) is 15.5 Å². The van der Waals surface area contributed by atoms with Gasteiger partial charge in [0.1, 0.15) is 5.54 Å². The molecule has 0 bridgehead atoms. The highest BCUT2D eigenvalue weighted by atomic mass is 19.4. The van der Waals surface area contributed by atoms with Crippen molar-refractivity contribution in [1.29, 1.82) is 0 Å². The molecule has 1 saturated carbocycles. The number of urea groups is 1. The zero-order valence-corrected chi connectivity index (χ0v) is 15.8. The lowest BCUT2D eigenvalue weighted by atomic mass is 9.87. The van der Waals surface area contributed by atoms with Gasteiger partial charge in [0.15, 0.2) is 0 Å². The largest absolute Gasteiger partial charge is 0.416 e. The number of nitrogens with zero attached hydrogens (tertiary/aromatic N) is 1. The molecule has 1 aromatic rings.